The van der Waals surface area contributed by atoms with Crippen LogP contribution in [0.2, 0.25) is 0 Å². The molecule has 0 bridgehead atoms. The molecule has 57 heavy (non-hydrogen) atoms. The molecule has 9 aromatic rings. The summed E-state index contributed by atoms with van der Waals surface area (Å²) in [7, 11) is 0. The highest BCUT2D eigenvalue weighted by Gasteiger charge is 2.50. The molecule has 2 nitrogen and oxygen atoms in total. The van der Waals surface area contributed by atoms with Gasteiger partial charge in [-0.05, 0) is 109 Å². The summed E-state index contributed by atoms with van der Waals surface area (Å²) in [6.45, 7) is 0. The molecule has 1 spiro atoms. The normalized spacial score (nSPS) is 13.9. The highest BCUT2D eigenvalue weighted by molar-refractivity contribution is 7.99. The van der Waals surface area contributed by atoms with Crippen LogP contribution in [0.4, 0.5) is 0 Å². The van der Waals surface area contributed by atoms with Crippen LogP contribution in [0, 0.1) is 0 Å². The molecule has 2 heterocycles. The monoisotopic (exact) mass is 742 g/mol. The lowest BCUT2D eigenvalue weighted by Crippen LogP contribution is -2.32. The minimum atomic E-state index is -0.442. The summed E-state index contributed by atoms with van der Waals surface area (Å²) in [6.07, 6.45) is 5.49. The van der Waals surface area contributed by atoms with Crippen molar-refractivity contribution in [2.75, 3.05) is 0 Å². The van der Waals surface area contributed by atoms with E-state index in [4.69, 9.17) is 9.97 Å². The van der Waals surface area contributed by atoms with Crippen molar-refractivity contribution in [3.05, 3.63) is 221 Å². The zero-order valence-corrected chi connectivity index (χ0v) is 31.8. The lowest BCUT2D eigenvalue weighted by atomic mass is 9.67. The van der Waals surface area contributed by atoms with Gasteiger partial charge in [0.05, 0.1) is 16.8 Å². The molecular weight excluding hydrogens is 709 g/mol. The van der Waals surface area contributed by atoms with E-state index < -0.39 is 5.41 Å². The molecule has 266 valence electrons. The highest BCUT2D eigenvalue weighted by atomic mass is 32.2. The topological polar surface area (TPSA) is 25.8 Å². The standard InChI is InChI=1S/C54H34N2S/c1-2-14-35(15-3-1)53-55-48(39-30-37-18-12-16-34-17-13-19-38(31-39)52(34)37)33-49(56-53)43-23-5-4-20-40(43)36-28-29-51-47(32-36)54(46-26-10-11-27-50(46)57-51)44-24-8-6-21-41(44)42-22-7-9-25-45(42)54/h1-16,18-33H,17H2. The van der Waals surface area contributed by atoms with E-state index in [0.717, 1.165) is 40.1 Å². The minimum Gasteiger partial charge on any atom is -0.228 e. The average molecular weight is 743 g/mol. The van der Waals surface area contributed by atoms with E-state index in [1.807, 2.05) is 17.8 Å². The molecule has 0 saturated heterocycles. The van der Waals surface area contributed by atoms with E-state index >= 15 is 0 Å². The molecule has 0 unspecified atom stereocenters. The first-order valence-corrected chi connectivity index (χ1v) is 20.4. The van der Waals surface area contributed by atoms with Crippen molar-refractivity contribution in [2.45, 2.75) is 21.6 Å². The van der Waals surface area contributed by atoms with Crippen molar-refractivity contribution in [2.24, 2.45) is 0 Å². The Kier molecular flexibility index (Phi) is 7.17. The Morgan fingerprint density at radius 2 is 1.11 bits per heavy atom. The first kappa shape index (κ1) is 32.4. The predicted octanol–water partition coefficient (Wildman–Crippen LogP) is 13.7. The molecule has 0 fully saturated rings. The molecule has 8 aromatic carbocycles. The van der Waals surface area contributed by atoms with Gasteiger partial charge in [-0.25, -0.2) is 9.97 Å². The third-order valence-electron chi connectivity index (χ3n) is 12.1. The largest absolute Gasteiger partial charge is 0.228 e. The number of nitrogens with zero attached hydrogens (tertiary/aromatic N) is 2. The summed E-state index contributed by atoms with van der Waals surface area (Å²) in [6, 6.07) is 66.7. The van der Waals surface area contributed by atoms with Crippen LogP contribution in [0.25, 0.3) is 73.0 Å². The van der Waals surface area contributed by atoms with Crippen molar-refractivity contribution < 1.29 is 0 Å². The molecule has 2 aliphatic carbocycles. The molecule has 3 heteroatoms. The summed E-state index contributed by atoms with van der Waals surface area (Å²) < 4.78 is 0. The molecule has 0 N–H and O–H groups in total. The fourth-order valence-electron chi connectivity index (χ4n) is 9.74. The van der Waals surface area contributed by atoms with Crippen molar-refractivity contribution in [3.63, 3.8) is 0 Å². The highest BCUT2D eigenvalue weighted by Crippen LogP contribution is 2.62. The molecular formula is C54H34N2S. The van der Waals surface area contributed by atoms with Gasteiger partial charge < -0.3 is 0 Å². The Balaban J connectivity index is 1.08. The summed E-state index contributed by atoms with van der Waals surface area (Å²) in [5.74, 6) is 0.715. The first-order valence-electron chi connectivity index (χ1n) is 19.6. The van der Waals surface area contributed by atoms with Crippen molar-refractivity contribution in [1.29, 1.82) is 0 Å². The van der Waals surface area contributed by atoms with Gasteiger partial charge in [0.15, 0.2) is 5.82 Å². The third kappa shape index (κ3) is 4.86. The lowest BCUT2D eigenvalue weighted by molar-refractivity contribution is 0.723. The molecule has 0 saturated carbocycles. The maximum absolute atomic E-state index is 5.33. The maximum atomic E-state index is 5.33. The Labute approximate surface area is 336 Å². The first-order chi connectivity index (χ1) is 28.2. The van der Waals surface area contributed by atoms with Crippen LogP contribution in [0.3, 0.4) is 0 Å². The van der Waals surface area contributed by atoms with Gasteiger partial charge >= 0.3 is 0 Å². The van der Waals surface area contributed by atoms with E-state index in [1.54, 1.807) is 0 Å². The molecule has 12 rings (SSSR count). The second-order valence-corrected chi connectivity index (χ2v) is 16.3. The number of fused-ring (bicyclic) bond motifs is 9. The van der Waals surface area contributed by atoms with Gasteiger partial charge in [-0.2, -0.15) is 0 Å². The van der Waals surface area contributed by atoms with Gasteiger partial charge in [0.2, 0.25) is 0 Å². The Morgan fingerprint density at radius 3 is 1.91 bits per heavy atom. The maximum Gasteiger partial charge on any atom is 0.160 e. The van der Waals surface area contributed by atoms with Gasteiger partial charge in [-0.3, -0.25) is 0 Å². The van der Waals surface area contributed by atoms with Gasteiger partial charge in [-0.15, -0.1) is 0 Å². The average Bonchev–Trinajstić information content (AvgIpc) is 3.57. The summed E-state index contributed by atoms with van der Waals surface area (Å²) in [5, 5.41) is 2.58. The third-order valence-corrected chi connectivity index (χ3v) is 13.3. The number of hydrogen-bond donors (Lipinski definition) is 0. The fraction of sp³-hybridized carbons (Fsp3) is 0.0370. The molecule has 1 aliphatic heterocycles. The quantitative estimate of drug-likeness (QED) is 0.180. The lowest BCUT2D eigenvalue weighted by Gasteiger charge is -2.40. The number of benzene rings is 8. The van der Waals surface area contributed by atoms with Crippen molar-refractivity contribution >= 4 is 28.6 Å². The number of hydrogen-bond acceptors (Lipinski definition) is 3. The van der Waals surface area contributed by atoms with Crippen LogP contribution in [-0.4, -0.2) is 9.97 Å². The van der Waals surface area contributed by atoms with E-state index in [0.29, 0.717) is 5.82 Å². The summed E-state index contributed by atoms with van der Waals surface area (Å²) in [4.78, 5) is 13.2. The number of allylic oxidation sites excluding steroid dienone is 1. The zero-order chi connectivity index (χ0) is 37.5. The molecule has 0 radical (unpaired) electrons. The SMILES string of the molecule is C1=Cc2cc(-c3cc(-c4ccccc4-c4ccc5c(c4)C4(c6ccccc6S5)c5ccccc5-c5ccccc54)nc(-c4ccccc4)n3)cc3cccc(c23)C1. The van der Waals surface area contributed by atoms with Crippen LogP contribution >= 0.6 is 11.8 Å². The van der Waals surface area contributed by atoms with Gasteiger partial charge in [0, 0.05) is 26.5 Å². The van der Waals surface area contributed by atoms with Crippen LogP contribution in [-0.2, 0) is 11.8 Å². The smallest absolute Gasteiger partial charge is 0.160 e. The minimum absolute atomic E-state index is 0.442. The van der Waals surface area contributed by atoms with Crippen LogP contribution in [0.5, 0.6) is 0 Å². The van der Waals surface area contributed by atoms with E-state index in [9.17, 15) is 0 Å². The second kappa shape index (κ2) is 12.6. The predicted molar refractivity (Wildman–Crippen MR) is 235 cm³/mol. The summed E-state index contributed by atoms with van der Waals surface area (Å²) >= 11 is 1.88. The fourth-order valence-corrected chi connectivity index (χ4v) is 10.9. The van der Waals surface area contributed by atoms with Gasteiger partial charge in [-0.1, -0.05) is 170 Å². The second-order valence-electron chi connectivity index (χ2n) is 15.2. The number of rotatable bonds is 4. The van der Waals surface area contributed by atoms with E-state index in [1.165, 1.54) is 70.6 Å². The zero-order valence-electron chi connectivity index (χ0n) is 31.0. The van der Waals surface area contributed by atoms with Crippen LogP contribution in [0.1, 0.15) is 33.4 Å². The van der Waals surface area contributed by atoms with Crippen molar-refractivity contribution in [3.8, 4) is 56.2 Å². The van der Waals surface area contributed by atoms with Crippen LogP contribution < -0.4 is 0 Å². The van der Waals surface area contributed by atoms with E-state index in [-0.39, 0.29) is 0 Å². The molecule has 0 amide bonds. The van der Waals surface area contributed by atoms with Gasteiger partial charge in [0.1, 0.15) is 0 Å². The summed E-state index contributed by atoms with van der Waals surface area (Å²) in [5.41, 5.74) is 17.4. The number of aromatic nitrogens is 2. The Morgan fingerprint density at radius 1 is 0.439 bits per heavy atom. The van der Waals surface area contributed by atoms with Crippen molar-refractivity contribution in [1.82, 2.24) is 9.97 Å². The Bertz CT molecular complexity index is 3100. The molecule has 3 aliphatic rings. The Hall–Kier alpha value is -6.81. The van der Waals surface area contributed by atoms with Gasteiger partial charge in [0.25, 0.3) is 0 Å². The van der Waals surface area contributed by atoms with Crippen LogP contribution in [0.15, 0.2) is 198 Å². The molecule has 0 atom stereocenters. The molecule has 1 aromatic heterocycles. The van der Waals surface area contributed by atoms with E-state index in [2.05, 4.69) is 188 Å².